The number of methoxy groups -OCH3 is 1. The van der Waals surface area contributed by atoms with E-state index in [-0.39, 0.29) is 5.11 Å². The Kier molecular flexibility index (Phi) is 4.79. The van der Waals surface area contributed by atoms with Crippen molar-refractivity contribution in [2.45, 2.75) is 0 Å². The van der Waals surface area contributed by atoms with Gasteiger partial charge in [-0.25, -0.2) is 0 Å². The monoisotopic (exact) mass is 277 g/mol. The van der Waals surface area contributed by atoms with E-state index in [1.54, 1.807) is 12.1 Å². The molecule has 0 heterocycles. The van der Waals surface area contributed by atoms with E-state index in [1.165, 1.54) is 13.3 Å². The highest BCUT2D eigenvalue weighted by Crippen LogP contribution is 2.33. The lowest BCUT2D eigenvalue weighted by Gasteiger charge is -2.06. The second-order valence-corrected chi connectivity index (χ2v) is 4.01. The zero-order valence-electron chi connectivity index (χ0n) is 8.33. The SMILES string of the molecule is COc1c(Cl)cc(/C=N\NC(N)=S)cc1Cl. The fourth-order valence-electron chi connectivity index (χ4n) is 1.02. The molecule has 0 aromatic heterocycles. The first-order valence-corrected chi connectivity index (χ1v) is 5.32. The van der Waals surface area contributed by atoms with Crippen LogP contribution in [0.3, 0.4) is 0 Å². The maximum absolute atomic E-state index is 5.93. The molecule has 16 heavy (non-hydrogen) atoms. The second-order valence-electron chi connectivity index (χ2n) is 2.75. The van der Waals surface area contributed by atoms with Gasteiger partial charge in [-0.05, 0) is 29.9 Å². The van der Waals surface area contributed by atoms with Gasteiger partial charge in [0.15, 0.2) is 10.9 Å². The lowest BCUT2D eigenvalue weighted by Crippen LogP contribution is -2.23. The molecule has 0 aliphatic heterocycles. The van der Waals surface area contributed by atoms with E-state index in [9.17, 15) is 0 Å². The van der Waals surface area contributed by atoms with Gasteiger partial charge in [-0.1, -0.05) is 23.2 Å². The van der Waals surface area contributed by atoms with E-state index < -0.39 is 0 Å². The van der Waals surface area contributed by atoms with E-state index in [0.29, 0.717) is 21.4 Å². The van der Waals surface area contributed by atoms with Crippen LogP contribution in [-0.4, -0.2) is 18.4 Å². The molecule has 1 rings (SSSR count). The van der Waals surface area contributed by atoms with Crippen molar-refractivity contribution in [2.75, 3.05) is 7.11 Å². The van der Waals surface area contributed by atoms with E-state index in [4.69, 9.17) is 33.7 Å². The summed E-state index contributed by atoms with van der Waals surface area (Å²) in [7, 11) is 1.50. The van der Waals surface area contributed by atoms with Crippen LogP contribution >= 0.6 is 35.4 Å². The van der Waals surface area contributed by atoms with Gasteiger partial charge in [-0.3, -0.25) is 5.43 Å². The topological polar surface area (TPSA) is 59.6 Å². The minimum atomic E-state index is 0.0851. The maximum Gasteiger partial charge on any atom is 0.184 e. The third kappa shape index (κ3) is 3.52. The summed E-state index contributed by atoms with van der Waals surface area (Å²) in [6.45, 7) is 0. The first-order valence-electron chi connectivity index (χ1n) is 4.16. The molecule has 0 aliphatic rings. The third-order valence-electron chi connectivity index (χ3n) is 1.61. The van der Waals surface area contributed by atoms with Crippen LogP contribution in [0.4, 0.5) is 0 Å². The Bertz CT molecular complexity index is 414. The normalized spacial score (nSPS) is 10.4. The quantitative estimate of drug-likeness (QED) is 0.505. The van der Waals surface area contributed by atoms with Gasteiger partial charge in [-0.15, -0.1) is 0 Å². The third-order valence-corrected chi connectivity index (χ3v) is 2.27. The smallest absolute Gasteiger partial charge is 0.184 e. The van der Waals surface area contributed by atoms with Crippen LogP contribution in [0.5, 0.6) is 5.75 Å². The van der Waals surface area contributed by atoms with Crippen molar-refractivity contribution in [3.63, 3.8) is 0 Å². The molecule has 86 valence electrons. The summed E-state index contributed by atoms with van der Waals surface area (Å²) in [6, 6.07) is 3.33. The Hall–Kier alpha value is -1.04. The van der Waals surface area contributed by atoms with Crippen LogP contribution < -0.4 is 15.9 Å². The van der Waals surface area contributed by atoms with Crippen molar-refractivity contribution in [1.29, 1.82) is 0 Å². The Morgan fingerprint density at radius 2 is 2.06 bits per heavy atom. The molecule has 0 unspecified atom stereocenters. The molecule has 4 nitrogen and oxygen atoms in total. The van der Waals surface area contributed by atoms with Gasteiger partial charge in [0.05, 0.1) is 23.4 Å². The number of nitrogens with two attached hydrogens (primary N) is 1. The molecule has 7 heteroatoms. The van der Waals surface area contributed by atoms with E-state index in [2.05, 4.69) is 22.7 Å². The number of hydrogen-bond donors (Lipinski definition) is 2. The number of hydrogen-bond acceptors (Lipinski definition) is 3. The number of benzene rings is 1. The molecule has 0 aliphatic carbocycles. The van der Waals surface area contributed by atoms with Gasteiger partial charge in [-0.2, -0.15) is 5.10 Å². The molecule has 0 atom stereocenters. The predicted molar refractivity (Wildman–Crippen MR) is 70.5 cm³/mol. The van der Waals surface area contributed by atoms with Crippen molar-refractivity contribution in [2.24, 2.45) is 10.8 Å². The van der Waals surface area contributed by atoms with E-state index >= 15 is 0 Å². The van der Waals surface area contributed by atoms with Crippen LogP contribution in [0.1, 0.15) is 5.56 Å². The van der Waals surface area contributed by atoms with Crippen LogP contribution in [0.2, 0.25) is 10.0 Å². The average Bonchev–Trinajstić information content (AvgIpc) is 2.16. The zero-order valence-corrected chi connectivity index (χ0v) is 10.7. The number of ether oxygens (including phenoxy) is 1. The number of nitrogens with one attached hydrogen (secondary N) is 1. The second kappa shape index (κ2) is 5.89. The molecule has 0 bridgehead atoms. The lowest BCUT2D eigenvalue weighted by atomic mass is 10.2. The van der Waals surface area contributed by atoms with Crippen LogP contribution in [0.15, 0.2) is 17.2 Å². The van der Waals surface area contributed by atoms with E-state index in [1.807, 2.05) is 0 Å². The van der Waals surface area contributed by atoms with Crippen LogP contribution in [0.25, 0.3) is 0 Å². The summed E-state index contributed by atoms with van der Waals surface area (Å²) in [6.07, 6.45) is 1.50. The molecule has 0 amide bonds. The van der Waals surface area contributed by atoms with Crippen molar-refractivity contribution >= 4 is 46.7 Å². The molecular weight excluding hydrogens is 269 g/mol. The fraction of sp³-hybridized carbons (Fsp3) is 0.111. The fourth-order valence-corrected chi connectivity index (χ4v) is 1.73. The lowest BCUT2D eigenvalue weighted by molar-refractivity contribution is 0.415. The maximum atomic E-state index is 5.93. The van der Waals surface area contributed by atoms with Crippen molar-refractivity contribution in [3.8, 4) is 5.75 Å². The van der Waals surface area contributed by atoms with Crippen molar-refractivity contribution in [1.82, 2.24) is 5.43 Å². The first-order chi connectivity index (χ1) is 7.54. The largest absolute Gasteiger partial charge is 0.494 e. The highest BCUT2D eigenvalue weighted by atomic mass is 35.5. The minimum absolute atomic E-state index is 0.0851. The van der Waals surface area contributed by atoms with Gasteiger partial charge < -0.3 is 10.5 Å². The van der Waals surface area contributed by atoms with Crippen LogP contribution in [0, 0.1) is 0 Å². The number of hydrazone groups is 1. The number of rotatable bonds is 3. The molecule has 0 spiro atoms. The minimum Gasteiger partial charge on any atom is -0.494 e. The molecule has 1 aromatic rings. The summed E-state index contributed by atoms with van der Waals surface area (Å²) in [5.74, 6) is 0.433. The summed E-state index contributed by atoms with van der Waals surface area (Å²) in [5, 5.41) is 4.68. The van der Waals surface area contributed by atoms with Gasteiger partial charge in [0.25, 0.3) is 0 Å². The standard InChI is InChI=1S/C9H9Cl2N3OS/c1-15-8-6(10)2-5(3-7(8)11)4-13-14-9(12)16/h2-4H,1H3,(H3,12,14,16)/b13-4-. The van der Waals surface area contributed by atoms with Gasteiger partial charge in [0, 0.05) is 0 Å². The molecule has 1 aromatic carbocycles. The summed E-state index contributed by atoms with van der Waals surface area (Å²) < 4.78 is 5.01. The molecule has 3 N–H and O–H groups in total. The number of thiocarbonyl (C=S) groups is 1. The van der Waals surface area contributed by atoms with Gasteiger partial charge in [0.1, 0.15) is 0 Å². The molecule has 0 saturated carbocycles. The highest BCUT2D eigenvalue weighted by Gasteiger charge is 2.07. The average molecular weight is 278 g/mol. The Morgan fingerprint density at radius 1 is 1.50 bits per heavy atom. The molecule has 0 radical (unpaired) electrons. The van der Waals surface area contributed by atoms with Crippen LogP contribution in [-0.2, 0) is 0 Å². The number of nitrogens with zero attached hydrogens (tertiary/aromatic N) is 1. The zero-order chi connectivity index (χ0) is 12.1. The molecule has 0 fully saturated rings. The Morgan fingerprint density at radius 3 is 2.50 bits per heavy atom. The summed E-state index contributed by atoms with van der Waals surface area (Å²) in [5.41, 5.74) is 8.33. The predicted octanol–water partition coefficient (Wildman–Crippen LogP) is 2.17. The van der Waals surface area contributed by atoms with Gasteiger partial charge in [0.2, 0.25) is 0 Å². The molecule has 0 saturated heterocycles. The Labute approximate surface area is 108 Å². The summed E-state index contributed by atoms with van der Waals surface area (Å²) in [4.78, 5) is 0. The molecular formula is C9H9Cl2N3OS. The van der Waals surface area contributed by atoms with Crippen molar-refractivity contribution < 1.29 is 4.74 Å². The van der Waals surface area contributed by atoms with Crippen molar-refractivity contribution in [3.05, 3.63) is 27.7 Å². The first kappa shape index (κ1) is 13.0. The van der Waals surface area contributed by atoms with Gasteiger partial charge >= 0.3 is 0 Å². The number of halogens is 2. The summed E-state index contributed by atoms with van der Waals surface area (Å²) >= 11 is 16.5. The highest BCUT2D eigenvalue weighted by molar-refractivity contribution is 7.80. The van der Waals surface area contributed by atoms with E-state index in [0.717, 1.165) is 0 Å². The Balaban J connectivity index is 2.91.